The molecule has 9 nitrogen and oxygen atoms in total. The van der Waals surface area contributed by atoms with Crippen LogP contribution in [-0.2, 0) is 11.3 Å². The number of aromatic amines is 1. The number of rotatable bonds is 6. The first kappa shape index (κ1) is 26.0. The molecule has 2 aliphatic heterocycles. The minimum absolute atomic E-state index is 0.0797. The number of benzene rings is 2. The summed E-state index contributed by atoms with van der Waals surface area (Å²) in [6, 6.07) is 11.8. The number of nitrogens with one attached hydrogen (secondary N) is 1. The molecule has 2 saturated heterocycles. The van der Waals surface area contributed by atoms with Crippen LogP contribution in [0.5, 0.6) is 0 Å². The summed E-state index contributed by atoms with van der Waals surface area (Å²) in [7, 11) is 0. The lowest BCUT2D eigenvalue weighted by molar-refractivity contribution is 0.0906. The van der Waals surface area contributed by atoms with Gasteiger partial charge < -0.3 is 14.6 Å². The second-order valence-electron chi connectivity index (χ2n) is 10.7. The van der Waals surface area contributed by atoms with Crippen molar-refractivity contribution in [2.45, 2.75) is 52.3 Å². The Hall–Kier alpha value is -3.27. The summed E-state index contributed by atoms with van der Waals surface area (Å²) in [5.74, 6) is 0.673. The summed E-state index contributed by atoms with van der Waals surface area (Å²) in [5.41, 5.74) is 6.00. The van der Waals surface area contributed by atoms with Gasteiger partial charge in [-0.2, -0.15) is 0 Å². The van der Waals surface area contributed by atoms with Crippen molar-refractivity contribution in [2.75, 3.05) is 37.7 Å². The summed E-state index contributed by atoms with van der Waals surface area (Å²) in [6.07, 6.45) is 2.10. The summed E-state index contributed by atoms with van der Waals surface area (Å²) in [4.78, 5) is 21.6. The van der Waals surface area contributed by atoms with Gasteiger partial charge >= 0.3 is 0 Å². The highest BCUT2D eigenvalue weighted by Gasteiger charge is 2.34. The molecule has 0 aliphatic carbocycles. The average molecular weight is 548 g/mol. The van der Waals surface area contributed by atoms with Gasteiger partial charge in [-0.15, -0.1) is 5.10 Å². The lowest BCUT2D eigenvalue weighted by Crippen LogP contribution is -2.49. The maximum Gasteiger partial charge on any atom is 0.253 e. The van der Waals surface area contributed by atoms with E-state index in [-0.39, 0.29) is 11.7 Å². The minimum atomic E-state index is -0.390. The van der Waals surface area contributed by atoms with Crippen LogP contribution in [0.3, 0.4) is 0 Å². The van der Waals surface area contributed by atoms with Crippen molar-refractivity contribution in [1.29, 1.82) is 0 Å². The Morgan fingerprint density at radius 2 is 1.87 bits per heavy atom. The third-order valence-electron chi connectivity index (χ3n) is 8.27. The van der Waals surface area contributed by atoms with Crippen molar-refractivity contribution in [3.8, 4) is 0 Å². The number of hydrogen-bond donors (Lipinski definition) is 1. The normalized spacial score (nSPS) is 19.2. The number of ether oxygens (including phenoxy) is 1. The van der Waals surface area contributed by atoms with Gasteiger partial charge in [-0.3, -0.25) is 9.69 Å². The fourth-order valence-corrected chi connectivity index (χ4v) is 6.07. The van der Waals surface area contributed by atoms with Gasteiger partial charge in [0.1, 0.15) is 6.04 Å². The first-order valence-electron chi connectivity index (χ1n) is 13.6. The Labute approximate surface area is 232 Å². The summed E-state index contributed by atoms with van der Waals surface area (Å²) in [5, 5.41) is 14.6. The maximum atomic E-state index is 13.7. The summed E-state index contributed by atoms with van der Waals surface area (Å²) >= 11 is 6.33. The highest BCUT2D eigenvalue weighted by molar-refractivity contribution is 6.30. The van der Waals surface area contributed by atoms with Gasteiger partial charge in [-0.25, -0.2) is 4.68 Å². The number of tetrazole rings is 1. The molecule has 2 aromatic heterocycles. The molecule has 2 aromatic carbocycles. The Bertz CT molecular complexity index is 1550. The fourth-order valence-electron chi connectivity index (χ4n) is 5.91. The number of aromatic nitrogens is 5. The van der Waals surface area contributed by atoms with Crippen LogP contribution in [0.25, 0.3) is 10.9 Å². The van der Waals surface area contributed by atoms with Gasteiger partial charge in [-0.05, 0) is 84.3 Å². The standard InChI is InChI=1S/C29H34ClN7O2/c1-18-6-8-21-15-24(29(38)31-26(21)20(18)3)27(28-32-33-34-37(28)17-23-5-4-14-39-23)36-12-10-35(11-13-36)25-16-22(30)9-7-19(25)2/h6-9,15-16,23,27H,4-5,10-14,17H2,1-3H3,(H,31,38)/t23-,27+/m0/s1. The number of pyridine rings is 1. The quantitative estimate of drug-likeness (QED) is 0.387. The van der Waals surface area contributed by atoms with Crippen LogP contribution < -0.4 is 10.5 Å². The Balaban J connectivity index is 1.38. The van der Waals surface area contributed by atoms with E-state index in [1.807, 2.05) is 29.8 Å². The number of fused-ring (bicyclic) bond motifs is 1. The molecule has 1 N–H and O–H groups in total. The number of piperazine rings is 1. The first-order valence-corrected chi connectivity index (χ1v) is 14.0. The first-order chi connectivity index (χ1) is 18.9. The van der Waals surface area contributed by atoms with Crippen LogP contribution in [0, 0.1) is 20.8 Å². The third kappa shape index (κ3) is 5.06. The Morgan fingerprint density at radius 3 is 2.64 bits per heavy atom. The van der Waals surface area contributed by atoms with Crippen LogP contribution in [0.4, 0.5) is 5.69 Å². The van der Waals surface area contributed by atoms with E-state index in [0.29, 0.717) is 17.9 Å². The molecular weight excluding hydrogens is 514 g/mol. The predicted octanol–water partition coefficient (Wildman–Crippen LogP) is 4.18. The number of anilines is 1. The van der Waals surface area contributed by atoms with Crippen LogP contribution in [0.15, 0.2) is 41.2 Å². The molecule has 0 amide bonds. The Kier molecular flexibility index (Phi) is 7.14. The van der Waals surface area contributed by atoms with Gasteiger partial charge in [0.2, 0.25) is 0 Å². The number of H-pyrrole nitrogens is 1. The predicted molar refractivity (Wildman–Crippen MR) is 153 cm³/mol. The Morgan fingerprint density at radius 1 is 1.08 bits per heavy atom. The highest BCUT2D eigenvalue weighted by Crippen LogP contribution is 2.31. The number of halogens is 1. The van der Waals surface area contributed by atoms with Crippen LogP contribution in [0.1, 0.15) is 47.0 Å². The van der Waals surface area contributed by atoms with Crippen molar-refractivity contribution in [1.82, 2.24) is 30.1 Å². The molecule has 0 spiro atoms. The molecule has 0 bridgehead atoms. The van der Waals surface area contributed by atoms with Crippen molar-refractivity contribution in [2.24, 2.45) is 0 Å². The zero-order valence-corrected chi connectivity index (χ0v) is 23.4. The molecule has 0 unspecified atom stereocenters. The molecule has 6 rings (SSSR count). The molecular formula is C29H34ClN7O2. The number of nitrogens with zero attached hydrogens (tertiary/aromatic N) is 6. The van der Waals surface area contributed by atoms with Crippen molar-refractivity contribution < 1.29 is 4.74 Å². The van der Waals surface area contributed by atoms with E-state index in [9.17, 15) is 4.79 Å². The molecule has 204 valence electrons. The zero-order chi connectivity index (χ0) is 27.1. The minimum Gasteiger partial charge on any atom is -0.376 e. The van der Waals surface area contributed by atoms with Gasteiger partial charge in [0, 0.05) is 49.1 Å². The van der Waals surface area contributed by atoms with E-state index in [2.05, 4.69) is 62.4 Å². The second-order valence-corrected chi connectivity index (χ2v) is 11.2. The monoisotopic (exact) mass is 547 g/mol. The molecule has 2 fully saturated rings. The second kappa shape index (κ2) is 10.7. The molecule has 0 saturated carbocycles. The van der Waals surface area contributed by atoms with E-state index in [0.717, 1.165) is 78.4 Å². The number of aryl methyl sites for hydroxylation is 3. The maximum absolute atomic E-state index is 13.7. The van der Waals surface area contributed by atoms with Crippen molar-refractivity contribution in [3.05, 3.63) is 79.9 Å². The summed E-state index contributed by atoms with van der Waals surface area (Å²) < 4.78 is 7.72. The third-order valence-corrected chi connectivity index (χ3v) is 8.51. The van der Waals surface area contributed by atoms with Gasteiger partial charge in [0.25, 0.3) is 5.56 Å². The van der Waals surface area contributed by atoms with Crippen LogP contribution >= 0.6 is 11.6 Å². The summed E-state index contributed by atoms with van der Waals surface area (Å²) in [6.45, 7) is 10.6. The van der Waals surface area contributed by atoms with Crippen LogP contribution in [0.2, 0.25) is 5.02 Å². The topological polar surface area (TPSA) is 92.2 Å². The molecule has 4 heterocycles. The van der Waals surface area contributed by atoms with Crippen LogP contribution in [-0.4, -0.2) is 69.0 Å². The van der Waals surface area contributed by atoms with E-state index in [4.69, 9.17) is 16.3 Å². The lowest BCUT2D eigenvalue weighted by atomic mass is 9.99. The molecule has 39 heavy (non-hydrogen) atoms. The smallest absolute Gasteiger partial charge is 0.253 e. The van der Waals surface area contributed by atoms with E-state index < -0.39 is 6.04 Å². The van der Waals surface area contributed by atoms with Crippen molar-refractivity contribution in [3.63, 3.8) is 0 Å². The van der Waals surface area contributed by atoms with Gasteiger partial charge in [0.15, 0.2) is 5.82 Å². The van der Waals surface area contributed by atoms with Crippen molar-refractivity contribution >= 4 is 28.2 Å². The molecule has 4 aromatic rings. The fraction of sp³-hybridized carbons (Fsp3) is 0.448. The lowest BCUT2D eigenvalue weighted by Gasteiger charge is -2.40. The SMILES string of the molecule is Cc1ccc(Cl)cc1N1CCN([C@H](c2cc3ccc(C)c(C)c3[nH]c2=O)c2nnnn2C[C@@H]2CCCO2)CC1. The molecule has 0 radical (unpaired) electrons. The largest absolute Gasteiger partial charge is 0.376 e. The van der Waals surface area contributed by atoms with E-state index in [1.54, 1.807) is 0 Å². The van der Waals surface area contributed by atoms with E-state index in [1.165, 1.54) is 5.56 Å². The van der Waals surface area contributed by atoms with E-state index >= 15 is 0 Å². The molecule has 10 heteroatoms. The highest BCUT2D eigenvalue weighted by atomic mass is 35.5. The van der Waals surface area contributed by atoms with Gasteiger partial charge in [-0.1, -0.05) is 29.8 Å². The number of hydrogen-bond acceptors (Lipinski definition) is 7. The zero-order valence-electron chi connectivity index (χ0n) is 22.7. The van der Waals surface area contributed by atoms with Gasteiger partial charge in [0.05, 0.1) is 18.2 Å². The molecule has 2 atom stereocenters. The average Bonchev–Trinajstić information content (AvgIpc) is 3.62. The molecule has 2 aliphatic rings.